The molecule has 0 aliphatic carbocycles. The Bertz CT molecular complexity index is 158. The van der Waals surface area contributed by atoms with Crippen LogP contribution in [0.15, 0.2) is 30.3 Å². The third-order valence-electron chi connectivity index (χ3n) is 0.940. The first-order chi connectivity index (χ1) is 4.93. The van der Waals surface area contributed by atoms with Gasteiger partial charge in [0.05, 0.1) is 7.18 Å². The van der Waals surface area contributed by atoms with Crippen molar-refractivity contribution >= 4 is 18.1 Å². The molecule has 0 spiro atoms. The van der Waals surface area contributed by atoms with Crippen molar-refractivity contribution in [2.24, 2.45) is 5.84 Å². The number of rotatable bonds is 1. The molecule has 0 saturated heterocycles. The summed E-state index contributed by atoms with van der Waals surface area (Å²) in [6.07, 6.45) is 0. The van der Waals surface area contributed by atoms with E-state index >= 15 is 0 Å². The Labute approximate surface area is 72.0 Å². The van der Waals surface area contributed by atoms with Gasteiger partial charge in [-0.05, 0) is 12.1 Å². The number of nitrogen functional groups attached to an aromatic ring is 1. The van der Waals surface area contributed by atoms with Gasteiger partial charge in [0.1, 0.15) is 0 Å². The zero-order chi connectivity index (χ0) is 7.82. The second kappa shape index (κ2) is 9.20. The summed E-state index contributed by atoms with van der Waals surface area (Å²) in [5, 5.41) is 0. The van der Waals surface area contributed by atoms with Crippen LogP contribution >= 0.6 is 12.4 Å². The molecule has 1 aromatic carbocycles. The van der Waals surface area contributed by atoms with Crippen molar-refractivity contribution in [3.05, 3.63) is 30.3 Å². The normalized spacial score (nSPS) is 6.82. The standard InChI is InChI=1S/C6H8N2.CH3F.ClH/c7-8-6-4-2-1-3-5-6;1-2;/h1-5,8H,7H2;1H3;1H. The highest BCUT2D eigenvalue weighted by Gasteiger charge is 1.78. The lowest BCUT2D eigenvalue weighted by Gasteiger charge is -1.94. The minimum absolute atomic E-state index is 0. The van der Waals surface area contributed by atoms with Crippen LogP contribution in [0.1, 0.15) is 0 Å². The summed E-state index contributed by atoms with van der Waals surface area (Å²) in [7, 11) is 0.500. The molecule has 0 saturated carbocycles. The lowest BCUT2D eigenvalue weighted by atomic mass is 10.3. The number of alkyl halides is 1. The average Bonchev–Trinajstić information content (AvgIpc) is 2.10. The Kier molecular flexibility index (Phi) is 10.7. The van der Waals surface area contributed by atoms with Crippen LogP contribution in [-0.2, 0) is 0 Å². The van der Waals surface area contributed by atoms with Gasteiger partial charge in [0.15, 0.2) is 0 Å². The van der Waals surface area contributed by atoms with E-state index in [4.69, 9.17) is 5.84 Å². The molecule has 0 fully saturated rings. The molecule has 4 heteroatoms. The van der Waals surface area contributed by atoms with Crippen molar-refractivity contribution in [2.75, 3.05) is 12.6 Å². The molecule has 3 N–H and O–H groups in total. The second-order valence-corrected chi connectivity index (χ2v) is 1.51. The Balaban J connectivity index is 0. The van der Waals surface area contributed by atoms with Crippen LogP contribution in [0.4, 0.5) is 10.1 Å². The Morgan fingerprint density at radius 1 is 1.18 bits per heavy atom. The Hall–Kier alpha value is -0.800. The van der Waals surface area contributed by atoms with E-state index in [1.54, 1.807) is 0 Å². The summed E-state index contributed by atoms with van der Waals surface area (Å²) in [6, 6.07) is 9.60. The van der Waals surface area contributed by atoms with Gasteiger partial charge in [-0.25, -0.2) is 0 Å². The van der Waals surface area contributed by atoms with Crippen molar-refractivity contribution in [1.82, 2.24) is 0 Å². The summed E-state index contributed by atoms with van der Waals surface area (Å²) in [6.45, 7) is 0. The number of hydrogen-bond donors (Lipinski definition) is 2. The minimum Gasteiger partial charge on any atom is -0.324 e. The summed E-state index contributed by atoms with van der Waals surface area (Å²) in [5.41, 5.74) is 3.46. The highest BCUT2D eigenvalue weighted by molar-refractivity contribution is 5.85. The molecule has 0 radical (unpaired) electrons. The fourth-order valence-electron chi connectivity index (χ4n) is 0.534. The number of para-hydroxylation sites is 1. The van der Waals surface area contributed by atoms with E-state index in [0.29, 0.717) is 7.18 Å². The quantitative estimate of drug-likeness (QED) is 0.510. The first-order valence-corrected chi connectivity index (χ1v) is 2.83. The predicted molar refractivity (Wildman–Crippen MR) is 48.5 cm³/mol. The number of nitrogens with two attached hydrogens (primary N) is 1. The van der Waals surface area contributed by atoms with E-state index in [1.807, 2.05) is 30.3 Å². The average molecular weight is 179 g/mol. The monoisotopic (exact) mass is 178 g/mol. The molecule has 0 heterocycles. The topological polar surface area (TPSA) is 38.0 Å². The van der Waals surface area contributed by atoms with Gasteiger partial charge in [-0.15, -0.1) is 12.4 Å². The molecule has 0 aromatic heterocycles. The first-order valence-electron chi connectivity index (χ1n) is 2.83. The van der Waals surface area contributed by atoms with E-state index in [0.717, 1.165) is 5.69 Å². The largest absolute Gasteiger partial charge is 0.324 e. The summed E-state index contributed by atoms with van der Waals surface area (Å²) < 4.78 is 9.50. The number of halogens is 2. The molecular formula is C7H12ClFN2. The number of hydrogen-bond acceptors (Lipinski definition) is 2. The molecule has 11 heavy (non-hydrogen) atoms. The smallest absolute Gasteiger partial charge is 0.0785 e. The molecule has 1 aromatic rings. The highest BCUT2D eigenvalue weighted by Crippen LogP contribution is 2.00. The second-order valence-electron chi connectivity index (χ2n) is 1.51. The van der Waals surface area contributed by atoms with Crippen LogP contribution in [0.2, 0.25) is 0 Å². The molecule has 0 unspecified atom stereocenters. The summed E-state index contributed by atoms with van der Waals surface area (Å²) >= 11 is 0. The number of nitrogens with one attached hydrogen (secondary N) is 1. The van der Waals surface area contributed by atoms with Crippen LogP contribution in [-0.4, -0.2) is 7.18 Å². The summed E-state index contributed by atoms with van der Waals surface area (Å²) in [4.78, 5) is 0. The third kappa shape index (κ3) is 5.63. The molecule has 2 nitrogen and oxygen atoms in total. The zero-order valence-corrected chi connectivity index (χ0v) is 7.07. The Morgan fingerprint density at radius 2 is 1.64 bits per heavy atom. The van der Waals surface area contributed by atoms with Gasteiger partial charge in [0.2, 0.25) is 0 Å². The van der Waals surface area contributed by atoms with Gasteiger partial charge in [-0.1, -0.05) is 18.2 Å². The van der Waals surface area contributed by atoms with Crippen LogP contribution in [0.5, 0.6) is 0 Å². The van der Waals surface area contributed by atoms with Crippen molar-refractivity contribution in [1.29, 1.82) is 0 Å². The summed E-state index contributed by atoms with van der Waals surface area (Å²) in [5.74, 6) is 5.10. The van der Waals surface area contributed by atoms with Crippen LogP contribution < -0.4 is 11.3 Å². The van der Waals surface area contributed by atoms with Crippen molar-refractivity contribution in [3.8, 4) is 0 Å². The van der Waals surface area contributed by atoms with Crippen molar-refractivity contribution in [3.63, 3.8) is 0 Å². The third-order valence-corrected chi connectivity index (χ3v) is 0.940. The fourth-order valence-corrected chi connectivity index (χ4v) is 0.534. The van der Waals surface area contributed by atoms with Crippen molar-refractivity contribution in [2.45, 2.75) is 0 Å². The van der Waals surface area contributed by atoms with E-state index in [2.05, 4.69) is 5.43 Å². The molecule has 0 aliphatic rings. The number of benzene rings is 1. The first kappa shape index (κ1) is 12.8. The molecular weight excluding hydrogens is 167 g/mol. The highest BCUT2D eigenvalue weighted by atomic mass is 35.5. The predicted octanol–water partition coefficient (Wildman–Crippen LogP) is 1.98. The number of hydrazine groups is 1. The molecule has 1 rings (SSSR count). The Morgan fingerprint density at radius 3 is 1.91 bits per heavy atom. The van der Waals surface area contributed by atoms with E-state index < -0.39 is 0 Å². The molecule has 0 aliphatic heterocycles. The molecule has 0 amide bonds. The lowest BCUT2D eigenvalue weighted by Crippen LogP contribution is -2.05. The minimum atomic E-state index is 0. The van der Waals surface area contributed by atoms with E-state index in [-0.39, 0.29) is 12.4 Å². The van der Waals surface area contributed by atoms with Crippen molar-refractivity contribution < 1.29 is 4.39 Å². The van der Waals surface area contributed by atoms with E-state index in [1.165, 1.54) is 0 Å². The van der Waals surface area contributed by atoms with Gasteiger partial charge in [0.25, 0.3) is 0 Å². The van der Waals surface area contributed by atoms with Crippen LogP contribution in [0, 0.1) is 0 Å². The van der Waals surface area contributed by atoms with Gasteiger partial charge < -0.3 is 5.43 Å². The van der Waals surface area contributed by atoms with E-state index in [9.17, 15) is 4.39 Å². The van der Waals surface area contributed by atoms with Gasteiger partial charge >= 0.3 is 0 Å². The number of anilines is 1. The maximum absolute atomic E-state index is 9.50. The lowest BCUT2D eigenvalue weighted by molar-refractivity contribution is 0.636. The maximum atomic E-state index is 9.50. The van der Waals surface area contributed by atoms with Crippen LogP contribution in [0.3, 0.4) is 0 Å². The van der Waals surface area contributed by atoms with Gasteiger partial charge in [-0.3, -0.25) is 10.2 Å². The zero-order valence-electron chi connectivity index (χ0n) is 6.25. The van der Waals surface area contributed by atoms with Crippen LogP contribution in [0.25, 0.3) is 0 Å². The molecule has 0 atom stereocenters. The van der Waals surface area contributed by atoms with Gasteiger partial charge in [-0.2, -0.15) is 0 Å². The fraction of sp³-hybridized carbons (Fsp3) is 0.143. The van der Waals surface area contributed by atoms with Gasteiger partial charge in [0, 0.05) is 5.69 Å². The SMILES string of the molecule is CF.Cl.NNc1ccccc1. The maximum Gasteiger partial charge on any atom is 0.0785 e. The molecule has 64 valence electrons. The molecule has 0 bridgehead atoms.